The Hall–Kier alpha value is -4.24. The largest absolute Gasteiger partial charge is 0.497 e. The lowest BCUT2D eigenvalue weighted by Gasteiger charge is -2.18. The molecule has 2 aromatic carbocycles. The number of hydrogen-bond donors (Lipinski definition) is 3. The molecular weight excluding hydrogens is 462 g/mol. The van der Waals surface area contributed by atoms with Crippen molar-refractivity contribution in [2.45, 2.75) is 19.0 Å². The van der Waals surface area contributed by atoms with Crippen LogP contribution in [0.15, 0.2) is 84.4 Å². The van der Waals surface area contributed by atoms with E-state index < -0.39 is 11.9 Å². The van der Waals surface area contributed by atoms with Gasteiger partial charge in [0.1, 0.15) is 17.5 Å². The molecule has 3 N–H and O–H groups in total. The molecule has 2 aromatic heterocycles. The Morgan fingerprint density at radius 1 is 1.03 bits per heavy atom. The van der Waals surface area contributed by atoms with Gasteiger partial charge in [-0.05, 0) is 29.8 Å². The van der Waals surface area contributed by atoms with Crippen molar-refractivity contribution >= 4 is 34.0 Å². The number of pyridine rings is 1. The third-order valence-corrected chi connectivity index (χ3v) is 5.89. The van der Waals surface area contributed by atoms with Crippen LogP contribution in [0.2, 0.25) is 0 Å². The van der Waals surface area contributed by atoms with E-state index in [0.717, 1.165) is 16.9 Å². The third-order valence-electron chi connectivity index (χ3n) is 5.13. The number of aromatic nitrogens is 2. The summed E-state index contributed by atoms with van der Waals surface area (Å²) >= 11 is 1.30. The Kier molecular flexibility index (Phi) is 8.03. The Labute approximate surface area is 207 Å². The number of methoxy groups -OCH3 is 1. The van der Waals surface area contributed by atoms with Crippen molar-refractivity contribution in [3.63, 3.8) is 0 Å². The summed E-state index contributed by atoms with van der Waals surface area (Å²) in [5.41, 5.74) is 2.69. The van der Waals surface area contributed by atoms with Crippen molar-refractivity contribution in [2.75, 3.05) is 12.4 Å². The molecule has 0 aliphatic rings. The van der Waals surface area contributed by atoms with Gasteiger partial charge in [0, 0.05) is 29.8 Å². The highest BCUT2D eigenvalue weighted by atomic mass is 32.1. The van der Waals surface area contributed by atoms with E-state index >= 15 is 0 Å². The highest BCUT2D eigenvalue weighted by Gasteiger charge is 2.23. The highest BCUT2D eigenvalue weighted by molar-refractivity contribution is 7.14. The van der Waals surface area contributed by atoms with E-state index in [1.807, 2.05) is 72.8 Å². The maximum atomic E-state index is 13.0. The Balaban J connectivity index is 1.43. The number of hydrogen-bond acceptors (Lipinski definition) is 7. The fraction of sp³-hybridized carbons (Fsp3) is 0.154. The van der Waals surface area contributed by atoms with Crippen LogP contribution in [-0.4, -0.2) is 34.9 Å². The van der Waals surface area contributed by atoms with Gasteiger partial charge in [0.05, 0.1) is 19.3 Å². The van der Waals surface area contributed by atoms with Crippen LogP contribution in [-0.2, 0) is 17.8 Å². The standard InChI is InChI=1S/C26H25N5O3S/c1-34-21-12-7-11-19(15-21)29-26-31-23(17-35-26)25(33)30-22(14-18-8-3-2-4-9-18)24(32)28-16-20-10-5-6-13-27-20/h2-13,15,17,22H,14,16H2,1H3,(H,28,32)(H,29,31)(H,30,33)/t22-/m1/s1. The van der Waals surface area contributed by atoms with Gasteiger partial charge < -0.3 is 20.7 Å². The fourth-order valence-electron chi connectivity index (χ4n) is 3.35. The zero-order chi connectivity index (χ0) is 24.5. The van der Waals surface area contributed by atoms with E-state index in [1.165, 1.54) is 11.3 Å². The fourth-order valence-corrected chi connectivity index (χ4v) is 4.07. The van der Waals surface area contributed by atoms with Gasteiger partial charge in [0.2, 0.25) is 5.91 Å². The number of nitrogens with one attached hydrogen (secondary N) is 3. The predicted octanol–water partition coefficient (Wildman–Crippen LogP) is 3.95. The van der Waals surface area contributed by atoms with Gasteiger partial charge in [0.25, 0.3) is 5.91 Å². The first-order chi connectivity index (χ1) is 17.1. The molecule has 178 valence electrons. The molecular formula is C26H25N5O3S. The van der Waals surface area contributed by atoms with Gasteiger partial charge in [-0.25, -0.2) is 4.98 Å². The van der Waals surface area contributed by atoms with Gasteiger partial charge in [-0.2, -0.15) is 0 Å². The first-order valence-electron chi connectivity index (χ1n) is 11.0. The molecule has 0 unspecified atom stereocenters. The van der Waals surface area contributed by atoms with Crippen molar-refractivity contribution < 1.29 is 14.3 Å². The number of carbonyl (C=O) groups is 2. The van der Waals surface area contributed by atoms with Crippen molar-refractivity contribution in [1.82, 2.24) is 20.6 Å². The first-order valence-corrected chi connectivity index (χ1v) is 11.9. The molecule has 0 aliphatic carbocycles. The van der Waals surface area contributed by atoms with Gasteiger partial charge in [-0.1, -0.05) is 42.5 Å². The minimum absolute atomic E-state index is 0.232. The second-order valence-corrected chi connectivity index (χ2v) is 8.51. The van der Waals surface area contributed by atoms with E-state index in [1.54, 1.807) is 18.7 Å². The Bertz CT molecular complexity index is 1260. The third kappa shape index (κ3) is 6.87. The van der Waals surface area contributed by atoms with Crippen LogP contribution >= 0.6 is 11.3 Å². The molecule has 0 saturated heterocycles. The van der Waals surface area contributed by atoms with Crippen LogP contribution in [0.1, 0.15) is 21.7 Å². The lowest BCUT2D eigenvalue weighted by molar-refractivity contribution is -0.123. The Morgan fingerprint density at radius 3 is 2.63 bits per heavy atom. The SMILES string of the molecule is COc1cccc(Nc2nc(C(=O)N[C@H](Cc3ccccc3)C(=O)NCc3ccccn3)cs2)c1. The summed E-state index contributed by atoms with van der Waals surface area (Å²) in [7, 11) is 1.60. The molecule has 8 nitrogen and oxygen atoms in total. The summed E-state index contributed by atoms with van der Waals surface area (Å²) in [5, 5.41) is 11.1. The number of nitrogens with zero attached hydrogens (tertiary/aromatic N) is 2. The second-order valence-electron chi connectivity index (χ2n) is 7.65. The van der Waals surface area contributed by atoms with Gasteiger partial charge in [0.15, 0.2) is 5.13 Å². The average Bonchev–Trinajstić information content (AvgIpc) is 3.37. The van der Waals surface area contributed by atoms with E-state index in [9.17, 15) is 9.59 Å². The molecule has 2 amide bonds. The van der Waals surface area contributed by atoms with Crippen molar-refractivity contribution in [3.8, 4) is 5.75 Å². The first kappa shape index (κ1) is 23.9. The number of anilines is 2. The number of thiazole rings is 1. The van der Waals surface area contributed by atoms with Crippen LogP contribution in [0.3, 0.4) is 0 Å². The normalized spacial score (nSPS) is 11.3. The number of ether oxygens (including phenoxy) is 1. The number of benzene rings is 2. The molecule has 9 heteroatoms. The maximum absolute atomic E-state index is 13.0. The summed E-state index contributed by atoms with van der Waals surface area (Å²) in [6.45, 7) is 0.270. The minimum Gasteiger partial charge on any atom is -0.497 e. The Morgan fingerprint density at radius 2 is 1.86 bits per heavy atom. The average molecular weight is 488 g/mol. The summed E-state index contributed by atoms with van der Waals surface area (Å²) in [6.07, 6.45) is 2.02. The summed E-state index contributed by atoms with van der Waals surface area (Å²) in [6, 6.07) is 21.7. The highest BCUT2D eigenvalue weighted by Crippen LogP contribution is 2.24. The maximum Gasteiger partial charge on any atom is 0.271 e. The molecule has 4 rings (SSSR count). The zero-order valence-corrected chi connectivity index (χ0v) is 19.9. The van der Waals surface area contributed by atoms with Crippen LogP contribution < -0.4 is 20.7 Å². The van der Waals surface area contributed by atoms with Gasteiger partial charge in [-0.3, -0.25) is 14.6 Å². The number of rotatable bonds is 10. The molecule has 0 aliphatic heterocycles. The molecule has 0 spiro atoms. The quantitative estimate of drug-likeness (QED) is 0.313. The molecule has 4 aromatic rings. The molecule has 0 bridgehead atoms. The smallest absolute Gasteiger partial charge is 0.271 e. The monoisotopic (exact) mass is 487 g/mol. The summed E-state index contributed by atoms with van der Waals surface area (Å²) in [5.74, 6) is -0.00309. The predicted molar refractivity (Wildman–Crippen MR) is 136 cm³/mol. The van der Waals surface area contributed by atoms with Crippen molar-refractivity contribution in [1.29, 1.82) is 0 Å². The summed E-state index contributed by atoms with van der Waals surface area (Å²) in [4.78, 5) is 34.6. The van der Waals surface area contributed by atoms with Gasteiger partial charge >= 0.3 is 0 Å². The second kappa shape index (κ2) is 11.8. The molecule has 35 heavy (non-hydrogen) atoms. The minimum atomic E-state index is -0.773. The molecule has 0 saturated carbocycles. The van der Waals surface area contributed by atoms with Crippen LogP contribution in [0.5, 0.6) is 5.75 Å². The van der Waals surface area contributed by atoms with Crippen LogP contribution in [0.25, 0.3) is 0 Å². The van der Waals surface area contributed by atoms with E-state index in [2.05, 4.69) is 25.9 Å². The molecule has 1 atom stereocenters. The topological polar surface area (TPSA) is 105 Å². The number of carbonyl (C=O) groups excluding carboxylic acids is 2. The molecule has 0 radical (unpaired) electrons. The van der Waals surface area contributed by atoms with Crippen molar-refractivity contribution in [2.24, 2.45) is 0 Å². The van der Waals surface area contributed by atoms with E-state index in [4.69, 9.17) is 4.74 Å². The van der Waals surface area contributed by atoms with Crippen LogP contribution in [0, 0.1) is 0 Å². The lowest BCUT2D eigenvalue weighted by Crippen LogP contribution is -2.48. The van der Waals surface area contributed by atoms with Crippen molar-refractivity contribution in [3.05, 3.63) is 101 Å². The lowest BCUT2D eigenvalue weighted by atomic mass is 10.0. The number of amides is 2. The van der Waals surface area contributed by atoms with Gasteiger partial charge in [-0.15, -0.1) is 11.3 Å². The molecule has 0 fully saturated rings. The summed E-state index contributed by atoms with van der Waals surface area (Å²) < 4.78 is 5.24. The molecule has 2 heterocycles. The van der Waals surface area contributed by atoms with Crippen LogP contribution in [0.4, 0.5) is 10.8 Å². The van der Waals surface area contributed by atoms with E-state index in [-0.39, 0.29) is 18.1 Å². The zero-order valence-electron chi connectivity index (χ0n) is 19.1. The van der Waals surface area contributed by atoms with E-state index in [0.29, 0.717) is 17.3 Å².